The van der Waals surface area contributed by atoms with Gasteiger partial charge in [0.15, 0.2) is 0 Å². The van der Waals surface area contributed by atoms with Crippen molar-refractivity contribution in [3.05, 3.63) is 41.8 Å². The third-order valence-corrected chi connectivity index (χ3v) is 2.58. The molecule has 1 heterocycles. The number of nitrogen functional groups attached to an aromatic ring is 1. The van der Waals surface area contributed by atoms with E-state index in [2.05, 4.69) is 4.98 Å². The number of aryl methyl sites for hydroxylation is 1. The smallest absolute Gasteiger partial charge is 0.213 e. The number of nitrogens with zero attached hydrogens (tertiary/aromatic N) is 1. The van der Waals surface area contributed by atoms with Crippen LogP contribution in [0.3, 0.4) is 0 Å². The van der Waals surface area contributed by atoms with Gasteiger partial charge in [-0.3, -0.25) is 0 Å². The number of ether oxygens (including phenoxy) is 1. The first-order chi connectivity index (χ1) is 8.11. The van der Waals surface area contributed by atoms with Crippen LogP contribution in [0.4, 0.5) is 10.1 Å². The zero-order chi connectivity index (χ0) is 12.4. The summed E-state index contributed by atoms with van der Waals surface area (Å²) in [5.41, 5.74) is 8.50. The van der Waals surface area contributed by atoms with Crippen molar-refractivity contribution in [2.75, 3.05) is 12.8 Å². The van der Waals surface area contributed by atoms with Crippen molar-refractivity contribution in [1.82, 2.24) is 4.98 Å². The minimum atomic E-state index is -0.376. The molecular weight excluding hydrogens is 219 g/mol. The van der Waals surface area contributed by atoms with E-state index in [1.54, 1.807) is 18.2 Å². The van der Waals surface area contributed by atoms with Crippen molar-refractivity contribution in [1.29, 1.82) is 0 Å². The van der Waals surface area contributed by atoms with Gasteiger partial charge in [-0.25, -0.2) is 9.37 Å². The standard InChI is InChI=1S/C13H13FN2O/c1-8-5-9(15)3-4-10(8)11-6-13(17-2)16-7-12(11)14/h3-7H,15H2,1-2H3. The monoisotopic (exact) mass is 232 g/mol. The van der Waals surface area contributed by atoms with E-state index < -0.39 is 0 Å². The highest BCUT2D eigenvalue weighted by Crippen LogP contribution is 2.29. The summed E-state index contributed by atoms with van der Waals surface area (Å²) in [6.07, 6.45) is 1.16. The largest absolute Gasteiger partial charge is 0.481 e. The molecule has 0 aliphatic carbocycles. The Bertz CT molecular complexity index is 555. The number of pyridine rings is 1. The summed E-state index contributed by atoms with van der Waals surface area (Å²) in [7, 11) is 1.50. The van der Waals surface area contributed by atoms with E-state index in [-0.39, 0.29) is 5.82 Å². The average molecular weight is 232 g/mol. The van der Waals surface area contributed by atoms with Gasteiger partial charge >= 0.3 is 0 Å². The van der Waals surface area contributed by atoms with Gasteiger partial charge in [-0.15, -0.1) is 0 Å². The Labute approximate surface area is 99.1 Å². The second-order valence-electron chi connectivity index (χ2n) is 3.78. The second kappa shape index (κ2) is 4.41. The molecule has 0 fully saturated rings. The summed E-state index contributed by atoms with van der Waals surface area (Å²) in [5.74, 6) is 0.0105. The van der Waals surface area contributed by atoms with Crippen molar-refractivity contribution in [2.24, 2.45) is 0 Å². The maximum atomic E-state index is 13.7. The molecule has 2 rings (SSSR count). The minimum Gasteiger partial charge on any atom is -0.481 e. The van der Waals surface area contributed by atoms with E-state index in [0.29, 0.717) is 17.1 Å². The van der Waals surface area contributed by atoms with E-state index in [0.717, 1.165) is 17.3 Å². The lowest BCUT2D eigenvalue weighted by atomic mass is 10.0. The van der Waals surface area contributed by atoms with Crippen LogP contribution in [0.15, 0.2) is 30.5 Å². The van der Waals surface area contributed by atoms with Crippen molar-refractivity contribution in [2.45, 2.75) is 6.92 Å². The Hall–Kier alpha value is -2.10. The van der Waals surface area contributed by atoms with Gasteiger partial charge in [0.05, 0.1) is 13.3 Å². The van der Waals surface area contributed by atoms with E-state index >= 15 is 0 Å². The van der Waals surface area contributed by atoms with Gasteiger partial charge in [-0.1, -0.05) is 6.07 Å². The highest BCUT2D eigenvalue weighted by molar-refractivity contribution is 5.70. The van der Waals surface area contributed by atoms with Crippen molar-refractivity contribution in [3.63, 3.8) is 0 Å². The molecule has 0 bridgehead atoms. The number of halogens is 1. The van der Waals surface area contributed by atoms with Gasteiger partial charge in [-0.2, -0.15) is 0 Å². The molecule has 0 aliphatic heterocycles. The quantitative estimate of drug-likeness (QED) is 0.810. The predicted octanol–water partition coefficient (Wildman–Crippen LogP) is 2.79. The summed E-state index contributed by atoms with van der Waals surface area (Å²) in [5, 5.41) is 0. The van der Waals surface area contributed by atoms with Gasteiger partial charge in [0.1, 0.15) is 5.82 Å². The van der Waals surface area contributed by atoms with Crippen LogP contribution in [0.2, 0.25) is 0 Å². The molecule has 2 N–H and O–H groups in total. The second-order valence-corrected chi connectivity index (χ2v) is 3.78. The van der Waals surface area contributed by atoms with E-state index in [1.807, 2.05) is 13.0 Å². The zero-order valence-electron chi connectivity index (χ0n) is 9.70. The zero-order valence-corrected chi connectivity index (χ0v) is 9.70. The Balaban J connectivity index is 2.59. The normalized spacial score (nSPS) is 10.3. The van der Waals surface area contributed by atoms with Crippen molar-refractivity contribution in [3.8, 4) is 17.0 Å². The molecule has 0 saturated carbocycles. The van der Waals surface area contributed by atoms with Crippen LogP contribution in [0.5, 0.6) is 5.88 Å². The number of hydrogen-bond donors (Lipinski definition) is 1. The Morgan fingerprint density at radius 3 is 2.65 bits per heavy atom. The lowest BCUT2D eigenvalue weighted by molar-refractivity contribution is 0.396. The van der Waals surface area contributed by atoms with Gasteiger partial charge in [0.2, 0.25) is 5.88 Å². The highest BCUT2D eigenvalue weighted by atomic mass is 19.1. The highest BCUT2D eigenvalue weighted by Gasteiger charge is 2.10. The lowest BCUT2D eigenvalue weighted by Gasteiger charge is -2.09. The topological polar surface area (TPSA) is 48.1 Å². The number of benzene rings is 1. The van der Waals surface area contributed by atoms with Crippen molar-refractivity contribution >= 4 is 5.69 Å². The third-order valence-electron chi connectivity index (χ3n) is 2.58. The molecule has 0 amide bonds. The summed E-state index contributed by atoms with van der Waals surface area (Å²) >= 11 is 0. The number of anilines is 1. The third kappa shape index (κ3) is 2.20. The fourth-order valence-electron chi connectivity index (χ4n) is 1.73. The summed E-state index contributed by atoms with van der Waals surface area (Å²) in [6.45, 7) is 1.89. The van der Waals surface area contributed by atoms with E-state index in [9.17, 15) is 4.39 Å². The molecule has 0 spiro atoms. The molecule has 0 unspecified atom stereocenters. The molecule has 3 nitrogen and oxygen atoms in total. The van der Waals surface area contributed by atoms with Crippen LogP contribution < -0.4 is 10.5 Å². The van der Waals surface area contributed by atoms with Crippen LogP contribution in [-0.2, 0) is 0 Å². The molecular formula is C13H13FN2O. The maximum absolute atomic E-state index is 13.7. The van der Waals surface area contributed by atoms with Crippen LogP contribution in [-0.4, -0.2) is 12.1 Å². The number of nitrogens with two attached hydrogens (primary N) is 1. The van der Waals surface area contributed by atoms with Crippen LogP contribution in [0.25, 0.3) is 11.1 Å². The molecule has 88 valence electrons. The molecule has 17 heavy (non-hydrogen) atoms. The minimum absolute atomic E-state index is 0.376. The molecule has 4 heteroatoms. The Kier molecular flexibility index (Phi) is 2.95. The number of aromatic nitrogens is 1. The maximum Gasteiger partial charge on any atom is 0.213 e. The fourth-order valence-corrected chi connectivity index (χ4v) is 1.73. The number of rotatable bonds is 2. The molecule has 0 atom stereocenters. The molecule has 1 aromatic carbocycles. The molecule has 0 radical (unpaired) electrons. The SMILES string of the molecule is COc1cc(-c2ccc(N)cc2C)c(F)cn1. The number of hydrogen-bond acceptors (Lipinski definition) is 3. The number of methoxy groups -OCH3 is 1. The van der Waals surface area contributed by atoms with Gasteiger partial charge in [-0.05, 0) is 30.2 Å². The van der Waals surface area contributed by atoms with Crippen LogP contribution in [0, 0.1) is 12.7 Å². The molecule has 0 saturated heterocycles. The first-order valence-electron chi connectivity index (χ1n) is 5.18. The lowest BCUT2D eigenvalue weighted by Crippen LogP contribution is -1.94. The Morgan fingerprint density at radius 1 is 1.24 bits per heavy atom. The molecule has 1 aromatic heterocycles. The summed E-state index contributed by atoms with van der Waals surface area (Å²) in [4.78, 5) is 3.81. The van der Waals surface area contributed by atoms with Crippen LogP contribution in [0.1, 0.15) is 5.56 Å². The molecule has 2 aromatic rings. The first-order valence-corrected chi connectivity index (χ1v) is 5.18. The Morgan fingerprint density at radius 2 is 2.00 bits per heavy atom. The average Bonchev–Trinajstić information content (AvgIpc) is 2.30. The predicted molar refractivity (Wildman–Crippen MR) is 65.3 cm³/mol. The van der Waals surface area contributed by atoms with Crippen LogP contribution >= 0.6 is 0 Å². The van der Waals surface area contributed by atoms with Gasteiger partial charge in [0.25, 0.3) is 0 Å². The van der Waals surface area contributed by atoms with Crippen molar-refractivity contribution < 1.29 is 9.13 Å². The van der Waals surface area contributed by atoms with E-state index in [4.69, 9.17) is 10.5 Å². The fraction of sp³-hybridized carbons (Fsp3) is 0.154. The van der Waals surface area contributed by atoms with Gasteiger partial charge < -0.3 is 10.5 Å². The van der Waals surface area contributed by atoms with Gasteiger partial charge in [0, 0.05) is 17.3 Å². The first kappa shape index (κ1) is 11.4. The van der Waals surface area contributed by atoms with E-state index in [1.165, 1.54) is 7.11 Å². The molecule has 0 aliphatic rings. The summed E-state index contributed by atoms with van der Waals surface area (Å²) in [6, 6.07) is 6.92. The summed E-state index contributed by atoms with van der Waals surface area (Å²) < 4.78 is 18.7.